The average Bonchev–Trinajstić information content (AvgIpc) is 3.24. The topological polar surface area (TPSA) is 60.7 Å². The smallest absolute Gasteiger partial charge is 0.223 e. The van der Waals surface area contributed by atoms with Crippen molar-refractivity contribution < 1.29 is 18.7 Å². The molecule has 2 atom stereocenters. The van der Waals surface area contributed by atoms with Gasteiger partial charge in [0.05, 0.1) is 20.5 Å². The van der Waals surface area contributed by atoms with Crippen LogP contribution in [0.3, 0.4) is 0 Å². The molecule has 0 bridgehead atoms. The van der Waals surface area contributed by atoms with Crippen LogP contribution in [0.15, 0.2) is 41.0 Å². The molecule has 0 unspecified atom stereocenters. The highest BCUT2D eigenvalue weighted by molar-refractivity contribution is 5.82. The van der Waals surface area contributed by atoms with Gasteiger partial charge in [-0.05, 0) is 36.2 Å². The van der Waals surface area contributed by atoms with Crippen molar-refractivity contribution in [2.24, 2.45) is 5.92 Å². The third-order valence-electron chi connectivity index (χ3n) is 4.91. The molecule has 1 aliphatic carbocycles. The van der Waals surface area contributed by atoms with Gasteiger partial charge in [-0.3, -0.25) is 4.79 Å². The molecule has 1 fully saturated rings. The minimum atomic E-state index is -0.218. The van der Waals surface area contributed by atoms with Gasteiger partial charge in [0.2, 0.25) is 5.91 Å². The maximum Gasteiger partial charge on any atom is 0.223 e. The number of amides is 1. The van der Waals surface area contributed by atoms with E-state index in [0.29, 0.717) is 18.0 Å². The Labute approximate surface area is 148 Å². The number of ether oxygens (including phenoxy) is 2. The highest BCUT2D eigenvalue weighted by Gasteiger charge is 2.46. The summed E-state index contributed by atoms with van der Waals surface area (Å²) in [5.74, 6) is 2.63. The summed E-state index contributed by atoms with van der Waals surface area (Å²) in [6, 6.07) is 9.67. The van der Waals surface area contributed by atoms with Crippen molar-refractivity contribution in [1.82, 2.24) is 5.32 Å². The van der Waals surface area contributed by atoms with E-state index in [1.54, 1.807) is 20.5 Å². The van der Waals surface area contributed by atoms with Crippen LogP contribution >= 0.6 is 0 Å². The van der Waals surface area contributed by atoms with Gasteiger partial charge in [0.1, 0.15) is 5.76 Å². The first kappa shape index (κ1) is 17.4. The Morgan fingerprint density at radius 3 is 2.64 bits per heavy atom. The molecular formula is C20H25NO4. The molecule has 1 aromatic heterocycles. The van der Waals surface area contributed by atoms with E-state index in [4.69, 9.17) is 13.9 Å². The van der Waals surface area contributed by atoms with E-state index in [9.17, 15) is 4.79 Å². The first-order valence-corrected chi connectivity index (χ1v) is 8.50. The quantitative estimate of drug-likeness (QED) is 0.836. The fourth-order valence-corrected chi connectivity index (χ4v) is 3.10. The zero-order valence-electron chi connectivity index (χ0n) is 15.2. The van der Waals surface area contributed by atoms with E-state index in [1.807, 2.05) is 30.3 Å². The molecule has 0 radical (unpaired) electrons. The maximum atomic E-state index is 12.4. The lowest BCUT2D eigenvalue weighted by Gasteiger charge is -2.26. The summed E-state index contributed by atoms with van der Waals surface area (Å²) in [6.45, 7) is 4.76. The minimum Gasteiger partial charge on any atom is -0.493 e. The number of furan rings is 1. The Morgan fingerprint density at radius 2 is 2.00 bits per heavy atom. The molecule has 0 saturated heterocycles. The van der Waals surface area contributed by atoms with E-state index in [0.717, 1.165) is 17.7 Å². The molecule has 1 aliphatic rings. The van der Waals surface area contributed by atoms with E-state index in [2.05, 4.69) is 19.2 Å². The molecule has 1 aromatic carbocycles. The van der Waals surface area contributed by atoms with Gasteiger partial charge in [-0.25, -0.2) is 0 Å². The van der Waals surface area contributed by atoms with Gasteiger partial charge in [-0.1, -0.05) is 19.9 Å². The maximum absolute atomic E-state index is 12.4. The van der Waals surface area contributed by atoms with Crippen LogP contribution < -0.4 is 14.8 Å². The van der Waals surface area contributed by atoms with Crippen molar-refractivity contribution >= 4 is 5.91 Å². The first-order valence-electron chi connectivity index (χ1n) is 8.50. The van der Waals surface area contributed by atoms with E-state index in [-0.39, 0.29) is 23.2 Å². The van der Waals surface area contributed by atoms with Crippen LogP contribution in [-0.4, -0.2) is 26.7 Å². The Kier molecular flexibility index (Phi) is 4.75. The average molecular weight is 343 g/mol. The molecule has 3 rings (SSSR count). The second kappa shape index (κ2) is 6.82. The van der Waals surface area contributed by atoms with E-state index < -0.39 is 0 Å². The first-order chi connectivity index (χ1) is 12.0. The predicted molar refractivity (Wildman–Crippen MR) is 95.1 cm³/mol. The van der Waals surface area contributed by atoms with E-state index in [1.165, 1.54) is 0 Å². The molecule has 0 spiro atoms. The summed E-state index contributed by atoms with van der Waals surface area (Å²) in [7, 11) is 3.24. The molecule has 5 heteroatoms. The summed E-state index contributed by atoms with van der Waals surface area (Å²) >= 11 is 0. The van der Waals surface area contributed by atoms with Crippen LogP contribution in [0.25, 0.3) is 0 Å². The lowest BCUT2D eigenvalue weighted by molar-refractivity contribution is -0.122. The van der Waals surface area contributed by atoms with Crippen molar-refractivity contribution in [3.63, 3.8) is 0 Å². The van der Waals surface area contributed by atoms with Gasteiger partial charge in [-0.2, -0.15) is 0 Å². The molecule has 5 nitrogen and oxygen atoms in total. The molecule has 2 aromatic rings. The molecule has 1 saturated carbocycles. The van der Waals surface area contributed by atoms with Gasteiger partial charge < -0.3 is 19.2 Å². The number of nitrogens with one attached hydrogen (secondary N) is 1. The third kappa shape index (κ3) is 3.65. The summed E-state index contributed by atoms with van der Waals surface area (Å²) < 4.78 is 16.1. The summed E-state index contributed by atoms with van der Waals surface area (Å²) in [5.41, 5.74) is 0.869. The summed E-state index contributed by atoms with van der Waals surface area (Å²) in [4.78, 5) is 12.4. The zero-order chi connectivity index (χ0) is 18.0. The van der Waals surface area contributed by atoms with Crippen LogP contribution in [0.4, 0.5) is 0 Å². The number of carbonyl (C=O) groups is 1. The molecule has 134 valence electrons. The van der Waals surface area contributed by atoms with Crippen molar-refractivity contribution in [1.29, 1.82) is 0 Å². The lowest BCUT2D eigenvalue weighted by atomic mass is 9.84. The fourth-order valence-electron chi connectivity index (χ4n) is 3.10. The Hall–Kier alpha value is -2.43. The highest BCUT2D eigenvalue weighted by Crippen LogP contribution is 2.47. The summed E-state index contributed by atoms with van der Waals surface area (Å²) in [6.07, 6.45) is 2.51. The van der Waals surface area contributed by atoms with Gasteiger partial charge in [0.25, 0.3) is 0 Å². The second-order valence-corrected chi connectivity index (χ2v) is 7.14. The van der Waals surface area contributed by atoms with Gasteiger partial charge in [0, 0.05) is 23.8 Å². The molecular weight excluding hydrogens is 318 g/mol. The van der Waals surface area contributed by atoms with Crippen molar-refractivity contribution in [2.45, 2.75) is 31.6 Å². The second-order valence-electron chi connectivity index (χ2n) is 7.14. The van der Waals surface area contributed by atoms with E-state index >= 15 is 0 Å². The van der Waals surface area contributed by atoms with Crippen LogP contribution in [0.1, 0.15) is 37.5 Å². The summed E-state index contributed by atoms with van der Waals surface area (Å²) in [5, 5.41) is 3.09. The normalized spacial score (nSPS) is 19.4. The van der Waals surface area contributed by atoms with Gasteiger partial charge >= 0.3 is 0 Å². The van der Waals surface area contributed by atoms with Crippen LogP contribution in [0.5, 0.6) is 11.5 Å². The number of carbonyl (C=O) groups excluding carboxylic acids is 1. The van der Waals surface area contributed by atoms with Crippen LogP contribution in [-0.2, 0) is 10.2 Å². The number of methoxy groups -OCH3 is 2. The minimum absolute atomic E-state index is 0.0207. The molecule has 0 aliphatic heterocycles. The van der Waals surface area contributed by atoms with Crippen LogP contribution in [0.2, 0.25) is 0 Å². The van der Waals surface area contributed by atoms with Crippen molar-refractivity contribution in [2.75, 3.05) is 20.8 Å². The predicted octanol–water partition coefficient (Wildman–Crippen LogP) is 3.49. The van der Waals surface area contributed by atoms with Gasteiger partial charge in [-0.15, -0.1) is 0 Å². The zero-order valence-corrected chi connectivity index (χ0v) is 15.2. The van der Waals surface area contributed by atoms with Crippen LogP contribution in [0, 0.1) is 5.92 Å². The van der Waals surface area contributed by atoms with Crippen molar-refractivity contribution in [3.8, 4) is 11.5 Å². The third-order valence-corrected chi connectivity index (χ3v) is 4.91. The monoisotopic (exact) mass is 343 g/mol. The number of hydrogen-bond donors (Lipinski definition) is 1. The number of hydrogen-bond acceptors (Lipinski definition) is 4. The lowest BCUT2D eigenvalue weighted by Crippen LogP contribution is -2.37. The standard InChI is InChI=1S/C20H25NO4/c1-20(2,13-7-8-17(23-3)18(10-13)24-4)12-21-19(22)15-11-14(15)16-6-5-9-25-16/h5-10,14-15H,11-12H2,1-4H3,(H,21,22)/t14-,15+/m0/s1. The SMILES string of the molecule is COc1ccc(C(C)(C)CNC(=O)[C@@H]2C[C@@H]2c2ccco2)cc1OC. The molecule has 1 N–H and O–H groups in total. The van der Waals surface area contributed by atoms with Crippen molar-refractivity contribution in [3.05, 3.63) is 47.9 Å². The molecule has 1 amide bonds. The number of rotatable bonds is 7. The molecule has 25 heavy (non-hydrogen) atoms. The molecule has 1 heterocycles. The highest BCUT2D eigenvalue weighted by atomic mass is 16.5. The van der Waals surface area contributed by atoms with Gasteiger partial charge in [0.15, 0.2) is 11.5 Å². The number of benzene rings is 1. The fraction of sp³-hybridized carbons (Fsp3) is 0.450. The Morgan fingerprint density at radius 1 is 1.24 bits per heavy atom. The largest absolute Gasteiger partial charge is 0.493 e. The Bertz CT molecular complexity index is 736. The Balaban J connectivity index is 1.61.